The number of rotatable bonds is 2. The third kappa shape index (κ3) is 2.51. The first kappa shape index (κ1) is 11.4. The van der Waals surface area contributed by atoms with Crippen LogP contribution in [0.5, 0.6) is 11.6 Å². The Hall–Kier alpha value is -1.13. The van der Waals surface area contributed by atoms with Crippen LogP contribution in [0.1, 0.15) is 5.56 Å². The Morgan fingerprint density at radius 1 is 1.25 bits per heavy atom. The first-order valence-corrected chi connectivity index (χ1v) is 5.73. The van der Waals surface area contributed by atoms with E-state index >= 15 is 0 Å². The van der Waals surface area contributed by atoms with Crippen LogP contribution >= 0.6 is 27.5 Å². The summed E-state index contributed by atoms with van der Waals surface area (Å²) in [5, 5.41) is 0.580. The highest BCUT2D eigenvalue weighted by Gasteiger charge is 2.05. The molecular weight excluding hydrogens is 291 g/mol. The number of aromatic nitrogens is 2. The number of nitrogens with zero attached hydrogens (tertiary/aromatic N) is 2. The largest absolute Gasteiger partial charge is 0.437 e. The second kappa shape index (κ2) is 4.80. The number of hydrogen-bond acceptors (Lipinski definition) is 3. The highest BCUT2D eigenvalue weighted by Crippen LogP contribution is 2.27. The molecule has 5 heteroatoms. The zero-order chi connectivity index (χ0) is 11.5. The molecule has 16 heavy (non-hydrogen) atoms. The zero-order valence-corrected chi connectivity index (χ0v) is 10.8. The minimum atomic E-state index is 0.493. The monoisotopic (exact) mass is 298 g/mol. The molecule has 0 aliphatic heterocycles. The molecular formula is C11H8BrClN2O. The van der Waals surface area contributed by atoms with Crippen molar-refractivity contribution in [1.82, 2.24) is 9.97 Å². The summed E-state index contributed by atoms with van der Waals surface area (Å²) in [6, 6.07) is 3.44. The van der Waals surface area contributed by atoms with E-state index in [9.17, 15) is 0 Å². The molecule has 0 amide bonds. The molecule has 3 nitrogen and oxygen atoms in total. The summed E-state index contributed by atoms with van der Waals surface area (Å²) in [5.41, 5.74) is 0.978. The van der Waals surface area contributed by atoms with Gasteiger partial charge in [-0.05, 0) is 28.9 Å². The maximum atomic E-state index is 5.73. The molecule has 0 aromatic carbocycles. The molecule has 0 saturated heterocycles. The maximum absolute atomic E-state index is 5.73. The third-order valence-electron chi connectivity index (χ3n) is 2.02. The molecule has 2 aromatic heterocycles. The Kier molecular flexibility index (Phi) is 3.41. The lowest BCUT2D eigenvalue weighted by Crippen LogP contribution is -1.91. The van der Waals surface area contributed by atoms with E-state index in [0.717, 1.165) is 10.0 Å². The molecule has 0 fully saturated rings. The van der Waals surface area contributed by atoms with Gasteiger partial charge in [0.05, 0.1) is 11.2 Å². The number of halogens is 2. The topological polar surface area (TPSA) is 35.0 Å². The lowest BCUT2D eigenvalue weighted by Gasteiger charge is -2.07. The van der Waals surface area contributed by atoms with Crippen molar-refractivity contribution in [1.29, 1.82) is 0 Å². The maximum Gasteiger partial charge on any atom is 0.219 e. The van der Waals surface area contributed by atoms with Gasteiger partial charge in [-0.1, -0.05) is 11.6 Å². The quantitative estimate of drug-likeness (QED) is 0.841. The van der Waals surface area contributed by atoms with Crippen LogP contribution in [-0.2, 0) is 0 Å². The predicted octanol–water partition coefficient (Wildman–Crippen LogP) is 3.99. The van der Waals surface area contributed by atoms with Crippen molar-refractivity contribution in [2.45, 2.75) is 6.92 Å². The van der Waals surface area contributed by atoms with Crippen LogP contribution in [0.3, 0.4) is 0 Å². The van der Waals surface area contributed by atoms with Gasteiger partial charge in [-0.3, -0.25) is 4.98 Å². The highest BCUT2D eigenvalue weighted by molar-refractivity contribution is 9.10. The SMILES string of the molecule is Cc1c(Br)cncc1Oc1ccc(Cl)cn1. The summed E-state index contributed by atoms with van der Waals surface area (Å²) in [6.45, 7) is 1.94. The van der Waals surface area contributed by atoms with Gasteiger partial charge in [-0.15, -0.1) is 0 Å². The second-order valence-corrected chi connectivity index (χ2v) is 4.45. The molecule has 0 saturated carbocycles. The van der Waals surface area contributed by atoms with E-state index in [4.69, 9.17) is 16.3 Å². The Labute approximate surface area is 107 Å². The third-order valence-corrected chi connectivity index (χ3v) is 3.05. The fourth-order valence-corrected chi connectivity index (χ4v) is 1.55. The van der Waals surface area contributed by atoms with Crippen LogP contribution in [0, 0.1) is 6.92 Å². The van der Waals surface area contributed by atoms with Crippen LogP contribution in [0.25, 0.3) is 0 Å². The van der Waals surface area contributed by atoms with Gasteiger partial charge in [-0.25, -0.2) is 4.98 Å². The van der Waals surface area contributed by atoms with E-state index in [2.05, 4.69) is 25.9 Å². The number of hydrogen-bond donors (Lipinski definition) is 0. The van der Waals surface area contributed by atoms with Crippen LogP contribution in [0.2, 0.25) is 5.02 Å². The summed E-state index contributed by atoms with van der Waals surface area (Å²) < 4.78 is 6.48. The summed E-state index contributed by atoms with van der Waals surface area (Å²) in [6.07, 6.45) is 4.91. The summed E-state index contributed by atoms with van der Waals surface area (Å²) in [5.74, 6) is 1.16. The van der Waals surface area contributed by atoms with Crippen molar-refractivity contribution in [3.63, 3.8) is 0 Å². The van der Waals surface area contributed by atoms with Crippen molar-refractivity contribution in [2.24, 2.45) is 0 Å². The molecule has 0 aliphatic rings. The van der Waals surface area contributed by atoms with E-state index in [-0.39, 0.29) is 0 Å². The van der Waals surface area contributed by atoms with Crippen molar-refractivity contribution in [3.05, 3.63) is 45.8 Å². The average Bonchev–Trinajstić information content (AvgIpc) is 2.28. The van der Waals surface area contributed by atoms with Gasteiger partial charge in [0.1, 0.15) is 0 Å². The Morgan fingerprint density at radius 2 is 2.06 bits per heavy atom. The summed E-state index contributed by atoms with van der Waals surface area (Å²) in [7, 11) is 0. The standard InChI is InChI=1S/C11H8BrClN2O/c1-7-9(12)5-14-6-10(7)16-11-3-2-8(13)4-15-11/h2-6H,1H3. The van der Waals surface area contributed by atoms with E-state index in [0.29, 0.717) is 16.7 Å². The molecule has 2 rings (SSSR count). The van der Waals surface area contributed by atoms with Crippen molar-refractivity contribution < 1.29 is 4.74 Å². The van der Waals surface area contributed by atoms with Gasteiger partial charge in [0.25, 0.3) is 0 Å². The Balaban J connectivity index is 2.27. The van der Waals surface area contributed by atoms with Crippen molar-refractivity contribution in [2.75, 3.05) is 0 Å². The summed E-state index contributed by atoms with van der Waals surface area (Å²) in [4.78, 5) is 8.08. The molecule has 2 heterocycles. The molecule has 0 spiro atoms. The van der Waals surface area contributed by atoms with Crippen molar-refractivity contribution in [3.8, 4) is 11.6 Å². The first-order valence-electron chi connectivity index (χ1n) is 4.56. The molecule has 82 valence electrons. The highest BCUT2D eigenvalue weighted by atomic mass is 79.9. The van der Waals surface area contributed by atoms with Crippen LogP contribution in [0.15, 0.2) is 35.2 Å². The van der Waals surface area contributed by atoms with Gasteiger partial charge >= 0.3 is 0 Å². The van der Waals surface area contributed by atoms with Gasteiger partial charge in [0.2, 0.25) is 5.88 Å². The van der Waals surface area contributed by atoms with Crippen molar-refractivity contribution >= 4 is 27.5 Å². The smallest absolute Gasteiger partial charge is 0.219 e. The lowest BCUT2D eigenvalue weighted by molar-refractivity contribution is 0.457. The minimum Gasteiger partial charge on any atom is -0.437 e. The second-order valence-electron chi connectivity index (χ2n) is 3.16. The van der Waals surface area contributed by atoms with Gasteiger partial charge in [0.15, 0.2) is 5.75 Å². The molecule has 0 atom stereocenters. The lowest BCUT2D eigenvalue weighted by atomic mass is 10.3. The number of ether oxygens (including phenoxy) is 1. The minimum absolute atomic E-state index is 0.493. The first-order chi connectivity index (χ1) is 7.66. The van der Waals surface area contributed by atoms with E-state index in [1.54, 1.807) is 24.5 Å². The van der Waals surface area contributed by atoms with Crippen LogP contribution in [-0.4, -0.2) is 9.97 Å². The van der Waals surface area contributed by atoms with Gasteiger partial charge < -0.3 is 4.74 Å². The Morgan fingerprint density at radius 3 is 2.75 bits per heavy atom. The molecule has 0 bridgehead atoms. The van der Waals surface area contributed by atoms with E-state index < -0.39 is 0 Å². The summed E-state index contributed by atoms with van der Waals surface area (Å²) >= 11 is 9.12. The molecule has 0 aliphatic carbocycles. The molecule has 0 N–H and O–H groups in total. The zero-order valence-electron chi connectivity index (χ0n) is 8.45. The van der Waals surface area contributed by atoms with E-state index in [1.807, 2.05) is 6.92 Å². The average molecular weight is 300 g/mol. The fourth-order valence-electron chi connectivity index (χ4n) is 1.12. The van der Waals surface area contributed by atoms with Crippen LogP contribution < -0.4 is 4.74 Å². The Bertz CT molecular complexity index is 502. The van der Waals surface area contributed by atoms with Gasteiger partial charge in [-0.2, -0.15) is 0 Å². The molecule has 0 unspecified atom stereocenters. The van der Waals surface area contributed by atoms with E-state index in [1.165, 1.54) is 6.20 Å². The normalized spacial score (nSPS) is 10.2. The molecule has 0 radical (unpaired) electrons. The fraction of sp³-hybridized carbons (Fsp3) is 0.0909. The predicted molar refractivity (Wildman–Crippen MR) is 66.0 cm³/mol. The molecule has 2 aromatic rings. The number of pyridine rings is 2. The van der Waals surface area contributed by atoms with Gasteiger partial charge in [0, 0.05) is 28.5 Å². The van der Waals surface area contributed by atoms with Crippen LogP contribution in [0.4, 0.5) is 0 Å².